The van der Waals surface area contributed by atoms with Crippen LogP contribution < -0.4 is 16.8 Å². The minimum absolute atomic E-state index is 0.0945. The van der Waals surface area contributed by atoms with Gasteiger partial charge in [-0.3, -0.25) is 25.7 Å². The zero-order valence-electron chi connectivity index (χ0n) is 79.0. The number of aryl methyl sites for hydroxylation is 1. The highest BCUT2D eigenvalue weighted by molar-refractivity contribution is 6.61. The van der Waals surface area contributed by atoms with Gasteiger partial charge in [-0.1, -0.05) is 279 Å². The van der Waals surface area contributed by atoms with Crippen LogP contribution in [-0.2, 0) is 37.0 Å². The van der Waals surface area contributed by atoms with E-state index >= 15 is 0 Å². The Morgan fingerprint density at radius 1 is 0.483 bits per heavy atom. The summed E-state index contributed by atoms with van der Waals surface area (Å²) in [6, 6.07) is 21.4. The van der Waals surface area contributed by atoms with E-state index in [4.69, 9.17) is 53.6 Å². The van der Waals surface area contributed by atoms with Crippen molar-refractivity contribution in [3.63, 3.8) is 0 Å². The molecule has 8 N–H and O–H groups in total. The van der Waals surface area contributed by atoms with Crippen molar-refractivity contribution in [2.45, 2.75) is 344 Å². The van der Waals surface area contributed by atoms with E-state index in [0.717, 1.165) is 92.5 Å². The number of ether oxygens (including phenoxy) is 3. The van der Waals surface area contributed by atoms with Gasteiger partial charge in [0, 0.05) is 62.0 Å². The topological polar surface area (TPSA) is 303 Å². The molecular formula is C97H166ClN9O9. The Morgan fingerprint density at radius 2 is 0.802 bits per heavy atom. The largest absolute Gasteiger partial charge is 0.449 e. The van der Waals surface area contributed by atoms with Gasteiger partial charge in [-0.2, -0.15) is 10.2 Å². The van der Waals surface area contributed by atoms with E-state index < -0.39 is 23.5 Å². The van der Waals surface area contributed by atoms with Crippen molar-refractivity contribution >= 4 is 52.6 Å². The van der Waals surface area contributed by atoms with Gasteiger partial charge in [0.15, 0.2) is 5.82 Å². The molecule has 5 fully saturated rings. The molecule has 2 aromatic carbocycles. The summed E-state index contributed by atoms with van der Waals surface area (Å²) in [7, 11) is 0. The second-order valence-corrected chi connectivity index (χ2v) is 45.6. The van der Waals surface area contributed by atoms with Gasteiger partial charge in [0.05, 0.1) is 11.9 Å². The van der Waals surface area contributed by atoms with Gasteiger partial charge in [-0.25, -0.2) is 9.59 Å². The summed E-state index contributed by atoms with van der Waals surface area (Å²) < 4.78 is 19.0. The van der Waals surface area contributed by atoms with Gasteiger partial charge in [-0.15, -0.1) is 0 Å². The fourth-order valence-corrected chi connectivity index (χ4v) is 19.5. The maximum absolute atomic E-state index is 12.1. The third kappa shape index (κ3) is 37.1. The molecule has 1 heterocycles. The number of halogens is 1. The zero-order valence-corrected chi connectivity index (χ0v) is 79.7. The molecule has 19 heteroatoms. The summed E-state index contributed by atoms with van der Waals surface area (Å²) in [6.07, 6.45) is 16.2. The molecule has 5 aliphatic carbocycles. The number of carbonyl (C=O) groups excluding carboxylic acids is 4. The molecule has 0 saturated heterocycles. The molecule has 1 amide bonds. The molecule has 0 spiro atoms. The Hall–Kier alpha value is -6.35. The second kappa shape index (κ2) is 44.8. The monoisotopic (exact) mass is 1640 g/mol. The number of nitriles is 1. The number of rotatable bonds is 8. The number of nitrogens with one attached hydrogen (secondary N) is 3. The summed E-state index contributed by atoms with van der Waals surface area (Å²) in [4.78, 5) is 46.3. The number of alkyl carbamates (subject to hydrolysis) is 1. The molecule has 0 radical (unpaired) electrons. The van der Waals surface area contributed by atoms with Crippen LogP contribution in [0.25, 0.3) is 0 Å². The lowest BCUT2D eigenvalue weighted by Crippen LogP contribution is -2.45. The number of benzene rings is 2. The molecular weight excluding hydrogens is 1470 g/mol. The number of oxime groups is 1. The Labute approximate surface area is 710 Å². The maximum Gasteiger partial charge on any atom is 0.412 e. The number of nitrogens with zero attached hydrogens (tertiary/aromatic N) is 4. The van der Waals surface area contributed by atoms with E-state index in [0.29, 0.717) is 120 Å². The Bertz CT molecular complexity index is 3540. The quantitative estimate of drug-likeness (QED) is 0.0179. The molecule has 15 unspecified atom stereocenters. The van der Waals surface area contributed by atoms with Gasteiger partial charge < -0.3 is 35.4 Å². The molecule has 0 bridgehead atoms. The van der Waals surface area contributed by atoms with Crippen molar-refractivity contribution in [3.05, 3.63) is 83.5 Å². The highest BCUT2D eigenvalue weighted by Crippen LogP contribution is 2.56. The molecule has 18 nitrogen and oxygen atoms in total. The van der Waals surface area contributed by atoms with Crippen LogP contribution >= 0.6 is 11.6 Å². The predicted octanol–water partition coefficient (Wildman–Crippen LogP) is 26.2. The first-order valence-electron chi connectivity index (χ1n) is 43.4. The Morgan fingerprint density at radius 3 is 1.12 bits per heavy atom. The van der Waals surface area contributed by atoms with Crippen LogP contribution in [0.3, 0.4) is 0 Å². The summed E-state index contributed by atoms with van der Waals surface area (Å²) in [5.74, 6) is 9.85. The van der Waals surface area contributed by atoms with E-state index in [-0.39, 0.29) is 41.3 Å². The van der Waals surface area contributed by atoms with Crippen molar-refractivity contribution in [1.82, 2.24) is 15.5 Å². The van der Waals surface area contributed by atoms with Crippen LogP contribution in [0.2, 0.25) is 0 Å². The molecule has 3 aromatic rings. The molecule has 8 rings (SSSR count). The van der Waals surface area contributed by atoms with Crippen LogP contribution in [0.5, 0.6) is 0 Å². The molecule has 660 valence electrons. The van der Waals surface area contributed by atoms with Crippen LogP contribution in [-0.4, -0.2) is 56.3 Å². The summed E-state index contributed by atoms with van der Waals surface area (Å²) in [6.45, 7) is 74.9. The number of hydrogen-bond donors (Lipinski definition) is 6. The fraction of sp³-hybridized carbons (Fsp3) is 0.773. The normalized spacial score (nSPS) is 25.7. The molecule has 15 atom stereocenters. The van der Waals surface area contributed by atoms with Crippen molar-refractivity contribution in [2.24, 2.45) is 154 Å². The number of esters is 2. The Kier molecular flexibility index (Phi) is 40.8. The SMILES string of the molecule is CC(=O)OC(C)=O.CC(C)(C)C1CCC(/C(N)=N/O)CC1C(C)(C)C.CC(C)(C)C1CCC(C#N)CC1C(C)(C)C.CC(C)(C)C1CCC(C(=N)N)CC1C(C)(C)C.CC(C)(C)C1CCC(C(=N)NC(=O)OCc2ccccc2)CC1C(C)(C)C.Cc1nc(C2CCC(C(C)(C)C)C(C(C)(C)C)C2)no1.O=C(Cl)OCc1ccccc1. The van der Waals surface area contributed by atoms with Gasteiger partial charge in [0.2, 0.25) is 5.89 Å². The minimum Gasteiger partial charge on any atom is -0.449 e. The lowest BCUT2D eigenvalue weighted by molar-refractivity contribution is -0.156. The van der Waals surface area contributed by atoms with Crippen LogP contribution in [0.1, 0.15) is 347 Å². The minimum atomic E-state index is -0.770. The number of hydrogen-bond acceptors (Lipinski definition) is 15. The Balaban J connectivity index is 0.000000471. The van der Waals surface area contributed by atoms with E-state index in [1.54, 1.807) is 0 Å². The van der Waals surface area contributed by atoms with Gasteiger partial charge in [-0.05, 0) is 221 Å². The summed E-state index contributed by atoms with van der Waals surface area (Å²) in [5.41, 5.74) is 15.7. The molecule has 5 saturated carbocycles. The third-order valence-corrected chi connectivity index (χ3v) is 25.9. The van der Waals surface area contributed by atoms with Crippen LogP contribution in [0, 0.1) is 166 Å². The van der Waals surface area contributed by atoms with E-state index in [2.05, 4.69) is 244 Å². The molecule has 1 aromatic heterocycles. The number of nitrogens with two attached hydrogens (primary N) is 2. The van der Waals surface area contributed by atoms with Crippen molar-refractivity contribution in [3.8, 4) is 6.07 Å². The van der Waals surface area contributed by atoms with Crippen LogP contribution in [0.15, 0.2) is 70.3 Å². The van der Waals surface area contributed by atoms with Gasteiger partial charge in [0.25, 0.3) is 0 Å². The zero-order chi connectivity index (χ0) is 89.5. The highest BCUT2D eigenvalue weighted by atomic mass is 35.5. The fourth-order valence-electron chi connectivity index (χ4n) is 19.4. The summed E-state index contributed by atoms with van der Waals surface area (Å²) >= 11 is 4.97. The molecule has 116 heavy (non-hydrogen) atoms. The average molecular weight is 1640 g/mol. The third-order valence-electron chi connectivity index (χ3n) is 25.8. The standard InChI is InChI=1S/C23H36N2O2.C17H30N2O.C15H30N2O.C15H30N2.C15H27N.C8H7ClO2.C4H6O3/c1-22(2,3)18-13-12-17(14-19(18)23(4,5)6)20(24)25-21(26)27-15-16-10-8-7-9-11-16;1-11-18-15(19-20-11)12-8-9-13(16(2,3)4)14(10-12)17(5,6)7;1-14(2,3)11-8-7-10(13(16)17-18)9-12(11)15(4,5)6;1-14(2,3)11-8-7-10(13(16)17)9-12(11)15(4,5)6;1-14(2,3)12-8-7-11(10-16)9-13(12)15(4,5)6;9-8(10)11-6-7-4-2-1-3-5-7;1-3(5)7-4(2)6/h7-11,17-19H,12-15H2,1-6H3,(H2,24,25,26);12-14H,8-10H2,1-7H3;10-12,18H,7-9H2,1-6H3,(H2,16,17);10-12H,7-9H2,1-6H3,(H3,16,17);11-13H,7-9H2,1-6H3;1-5H,6H2;1-2H3. The maximum atomic E-state index is 12.1. The lowest BCUT2D eigenvalue weighted by Gasteiger charge is -2.48. The number of aromatic nitrogens is 2. The first-order valence-corrected chi connectivity index (χ1v) is 43.7. The first-order chi connectivity index (χ1) is 52.7. The average Bonchev–Trinajstić information content (AvgIpc) is 1.05. The second-order valence-electron chi connectivity index (χ2n) is 45.3. The van der Waals surface area contributed by atoms with Crippen molar-refractivity contribution in [1.29, 1.82) is 16.1 Å². The highest BCUT2D eigenvalue weighted by Gasteiger charge is 2.49. The summed E-state index contributed by atoms with van der Waals surface area (Å²) in [5, 5.41) is 44.1. The lowest BCUT2D eigenvalue weighted by atomic mass is 9.57. The molecule has 5 aliphatic rings. The molecule has 0 aliphatic heterocycles. The predicted molar refractivity (Wildman–Crippen MR) is 478 cm³/mol. The first kappa shape index (κ1) is 106. The smallest absolute Gasteiger partial charge is 0.412 e. The van der Waals surface area contributed by atoms with Crippen molar-refractivity contribution < 1.29 is 43.1 Å². The van der Waals surface area contributed by atoms with Gasteiger partial charge >= 0.3 is 23.5 Å². The van der Waals surface area contributed by atoms with Crippen molar-refractivity contribution in [2.75, 3.05) is 0 Å². The van der Waals surface area contributed by atoms with E-state index in [9.17, 15) is 19.2 Å². The van der Waals surface area contributed by atoms with Gasteiger partial charge in [0.1, 0.15) is 24.9 Å². The number of carbonyl (C=O) groups is 4. The number of amidine groups is 3. The van der Waals surface area contributed by atoms with Crippen LogP contribution in [0.4, 0.5) is 9.59 Å². The number of amides is 1. The van der Waals surface area contributed by atoms with E-state index in [1.165, 1.54) is 52.4 Å². The van der Waals surface area contributed by atoms with E-state index in [1.807, 2.05) is 67.6 Å².